The number of benzene rings is 1. The van der Waals surface area contributed by atoms with E-state index in [0.29, 0.717) is 15.8 Å². The van der Waals surface area contributed by atoms with Crippen LogP contribution in [-0.4, -0.2) is 44.4 Å². The van der Waals surface area contributed by atoms with E-state index in [0.717, 1.165) is 11.3 Å². The van der Waals surface area contributed by atoms with Gasteiger partial charge in [-0.25, -0.2) is 4.98 Å². The molecule has 1 aromatic heterocycles. The van der Waals surface area contributed by atoms with Crippen LogP contribution < -0.4 is 0 Å². The van der Waals surface area contributed by atoms with Gasteiger partial charge >= 0.3 is 0 Å². The topological polar surface area (TPSA) is 47.4 Å². The molecule has 0 spiro atoms. The molecule has 0 saturated carbocycles. The summed E-state index contributed by atoms with van der Waals surface area (Å²) < 4.78 is 7.63. The number of hydrogen-bond donors (Lipinski definition) is 0. The summed E-state index contributed by atoms with van der Waals surface area (Å²) in [6.45, 7) is 2.39. The van der Waals surface area contributed by atoms with Gasteiger partial charge in [0.15, 0.2) is 0 Å². The molecule has 0 N–H and O–H groups in total. The first-order valence-electron chi connectivity index (χ1n) is 7.44. The molecule has 7 heteroatoms. The Balaban J connectivity index is 1.79. The van der Waals surface area contributed by atoms with Gasteiger partial charge in [-0.2, -0.15) is 0 Å². The maximum Gasteiger partial charge on any atom is 0.266 e. The van der Waals surface area contributed by atoms with Gasteiger partial charge in [0.05, 0.1) is 23.9 Å². The van der Waals surface area contributed by atoms with Gasteiger partial charge in [0.25, 0.3) is 5.91 Å². The second-order valence-electron chi connectivity index (χ2n) is 5.42. The second kappa shape index (κ2) is 7.29. The Labute approximate surface area is 150 Å². The molecular weight excluding hydrogens is 342 g/mol. The normalized spacial score (nSPS) is 17.8. The van der Waals surface area contributed by atoms with E-state index in [-0.39, 0.29) is 11.9 Å². The number of carbonyl (C=O) groups excluding carboxylic acids is 1. The largest absolute Gasteiger partial charge is 0.383 e. The standard InChI is InChI=1S/C17H17N3O2S2/c1-12(10-22-2)20-16(21)15(24-17(20)23)9-13-3-5-14(6-4-13)19-8-7-18-11-19/h3-9,11-12H,10H2,1-2H3. The number of carbonyl (C=O) groups is 1. The lowest BCUT2D eigenvalue weighted by atomic mass is 10.2. The van der Waals surface area contributed by atoms with Crippen molar-refractivity contribution >= 4 is 40.3 Å². The molecule has 124 valence electrons. The van der Waals surface area contributed by atoms with Crippen LogP contribution in [0.2, 0.25) is 0 Å². The maximum atomic E-state index is 12.6. The van der Waals surface area contributed by atoms with Crippen molar-refractivity contribution in [2.24, 2.45) is 0 Å². The van der Waals surface area contributed by atoms with Crippen molar-refractivity contribution in [1.82, 2.24) is 14.5 Å². The van der Waals surface area contributed by atoms with Crippen LogP contribution in [0.25, 0.3) is 11.8 Å². The molecule has 1 aromatic carbocycles. The van der Waals surface area contributed by atoms with Crippen LogP contribution in [-0.2, 0) is 9.53 Å². The highest BCUT2D eigenvalue weighted by Crippen LogP contribution is 2.34. The molecule has 0 bridgehead atoms. The molecule has 1 saturated heterocycles. The molecule has 24 heavy (non-hydrogen) atoms. The van der Waals surface area contributed by atoms with E-state index in [1.165, 1.54) is 11.8 Å². The van der Waals surface area contributed by atoms with Crippen molar-refractivity contribution in [3.05, 3.63) is 53.5 Å². The first-order chi connectivity index (χ1) is 11.6. The highest BCUT2D eigenvalue weighted by Gasteiger charge is 2.35. The Kier molecular flexibility index (Phi) is 5.13. The van der Waals surface area contributed by atoms with E-state index in [1.807, 2.05) is 48.0 Å². The lowest BCUT2D eigenvalue weighted by Gasteiger charge is -2.22. The summed E-state index contributed by atoms with van der Waals surface area (Å²) in [5, 5.41) is 0. The van der Waals surface area contributed by atoms with Gasteiger partial charge in [0, 0.05) is 25.2 Å². The first kappa shape index (κ1) is 16.9. The van der Waals surface area contributed by atoms with Gasteiger partial charge in [-0.05, 0) is 30.7 Å². The number of thiocarbonyl (C=S) groups is 1. The van der Waals surface area contributed by atoms with E-state index < -0.39 is 0 Å². The average molecular weight is 359 g/mol. The van der Waals surface area contributed by atoms with Crippen LogP contribution >= 0.6 is 24.0 Å². The maximum absolute atomic E-state index is 12.6. The zero-order valence-electron chi connectivity index (χ0n) is 13.4. The van der Waals surface area contributed by atoms with E-state index in [9.17, 15) is 4.79 Å². The summed E-state index contributed by atoms with van der Waals surface area (Å²) in [6, 6.07) is 7.85. The molecule has 1 unspecified atom stereocenters. The Bertz CT molecular complexity index is 770. The first-order valence-corrected chi connectivity index (χ1v) is 8.67. The minimum atomic E-state index is -0.0722. The summed E-state index contributed by atoms with van der Waals surface area (Å²) in [5.74, 6) is -0.0618. The van der Waals surface area contributed by atoms with Crippen LogP contribution in [0, 0.1) is 0 Å². The highest BCUT2D eigenvalue weighted by atomic mass is 32.2. The Morgan fingerprint density at radius 2 is 2.12 bits per heavy atom. The number of nitrogens with zero attached hydrogens (tertiary/aromatic N) is 3. The van der Waals surface area contributed by atoms with Crippen molar-refractivity contribution in [3.8, 4) is 5.69 Å². The van der Waals surface area contributed by atoms with Crippen molar-refractivity contribution in [3.63, 3.8) is 0 Å². The van der Waals surface area contributed by atoms with Crippen LogP contribution in [0.1, 0.15) is 12.5 Å². The zero-order valence-corrected chi connectivity index (χ0v) is 15.0. The number of rotatable bonds is 5. The molecule has 0 aliphatic carbocycles. The van der Waals surface area contributed by atoms with E-state index in [4.69, 9.17) is 17.0 Å². The molecule has 1 atom stereocenters. The molecule has 1 aliphatic heterocycles. The molecule has 1 amide bonds. The molecule has 1 aliphatic rings. The molecule has 5 nitrogen and oxygen atoms in total. The second-order valence-corrected chi connectivity index (χ2v) is 7.09. The molecule has 2 aromatic rings. The number of hydrogen-bond acceptors (Lipinski definition) is 5. The van der Waals surface area contributed by atoms with Gasteiger partial charge in [-0.3, -0.25) is 9.69 Å². The number of ether oxygens (including phenoxy) is 1. The predicted octanol–water partition coefficient (Wildman–Crippen LogP) is 3.11. The summed E-state index contributed by atoms with van der Waals surface area (Å²) >= 11 is 6.67. The third-order valence-corrected chi connectivity index (χ3v) is 5.00. The summed E-state index contributed by atoms with van der Waals surface area (Å²) in [6.07, 6.45) is 7.24. The van der Waals surface area contributed by atoms with E-state index >= 15 is 0 Å². The fourth-order valence-electron chi connectivity index (χ4n) is 2.48. The van der Waals surface area contributed by atoms with Crippen LogP contribution in [0.15, 0.2) is 47.9 Å². The van der Waals surface area contributed by atoms with Gasteiger partial charge in [0.2, 0.25) is 0 Å². The number of thioether (sulfide) groups is 1. The molecule has 2 heterocycles. The molecule has 0 radical (unpaired) electrons. The fourth-order valence-corrected chi connectivity index (χ4v) is 3.94. The number of amides is 1. The quantitative estimate of drug-likeness (QED) is 0.606. The van der Waals surface area contributed by atoms with Crippen LogP contribution in [0.4, 0.5) is 0 Å². The van der Waals surface area contributed by atoms with Gasteiger partial charge in [0.1, 0.15) is 4.32 Å². The van der Waals surface area contributed by atoms with Gasteiger partial charge in [-0.1, -0.05) is 36.1 Å². The number of imidazole rings is 1. The van der Waals surface area contributed by atoms with E-state index in [1.54, 1.807) is 24.5 Å². The van der Waals surface area contributed by atoms with Crippen molar-refractivity contribution in [1.29, 1.82) is 0 Å². The third-order valence-electron chi connectivity index (χ3n) is 3.67. The molecule has 3 rings (SSSR count). The van der Waals surface area contributed by atoms with E-state index in [2.05, 4.69) is 4.98 Å². The zero-order chi connectivity index (χ0) is 17.1. The van der Waals surface area contributed by atoms with Crippen molar-refractivity contribution in [2.45, 2.75) is 13.0 Å². The Morgan fingerprint density at radius 3 is 2.75 bits per heavy atom. The minimum absolute atomic E-state index is 0.0618. The Hall–Kier alpha value is -1.96. The highest BCUT2D eigenvalue weighted by molar-refractivity contribution is 8.26. The third kappa shape index (κ3) is 3.43. The van der Waals surface area contributed by atoms with Gasteiger partial charge < -0.3 is 9.30 Å². The lowest BCUT2D eigenvalue weighted by Crippen LogP contribution is -2.39. The van der Waals surface area contributed by atoms with Crippen LogP contribution in [0.3, 0.4) is 0 Å². The summed E-state index contributed by atoms with van der Waals surface area (Å²) in [5.41, 5.74) is 1.98. The fraction of sp³-hybridized carbons (Fsp3) is 0.235. The predicted molar refractivity (Wildman–Crippen MR) is 99.9 cm³/mol. The monoisotopic (exact) mass is 359 g/mol. The minimum Gasteiger partial charge on any atom is -0.383 e. The summed E-state index contributed by atoms with van der Waals surface area (Å²) in [4.78, 5) is 18.9. The summed E-state index contributed by atoms with van der Waals surface area (Å²) in [7, 11) is 1.62. The van der Waals surface area contributed by atoms with Crippen molar-refractivity contribution < 1.29 is 9.53 Å². The molecule has 1 fully saturated rings. The smallest absolute Gasteiger partial charge is 0.266 e. The SMILES string of the molecule is COCC(C)N1C(=O)C(=Cc2ccc(-n3ccnc3)cc2)SC1=S. The van der Waals surface area contributed by atoms with Crippen molar-refractivity contribution in [2.75, 3.05) is 13.7 Å². The molecular formula is C17H17N3O2S2. The average Bonchev–Trinajstić information content (AvgIpc) is 3.18. The van der Waals surface area contributed by atoms with Gasteiger partial charge in [-0.15, -0.1) is 0 Å². The van der Waals surface area contributed by atoms with Crippen LogP contribution in [0.5, 0.6) is 0 Å². The Morgan fingerprint density at radius 1 is 1.38 bits per heavy atom. The number of aromatic nitrogens is 2. The lowest BCUT2D eigenvalue weighted by molar-refractivity contribution is -0.124. The number of methoxy groups -OCH3 is 1.